The number of nitrogens with zero attached hydrogens (tertiary/aromatic N) is 1. The van der Waals surface area contributed by atoms with Crippen LogP contribution in [0.5, 0.6) is 0 Å². The standard InChI is InChI=1S/C14H11ClN2O3/c1-8-2-3-10(11(15)6-8)13(18)17-12-7-9(14(19)20)4-5-16-12/h2-7H,1H3,(H,19,20)(H,16,17,18). The Kier molecular flexibility index (Phi) is 4.00. The zero-order valence-electron chi connectivity index (χ0n) is 10.6. The molecule has 0 radical (unpaired) electrons. The van der Waals surface area contributed by atoms with E-state index in [2.05, 4.69) is 10.3 Å². The number of halogens is 1. The summed E-state index contributed by atoms with van der Waals surface area (Å²) in [6.45, 7) is 1.87. The van der Waals surface area contributed by atoms with Crippen molar-refractivity contribution in [1.29, 1.82) is 0 Å². The molecule has 0 unspecified atom stereocenters. The van der Waals surface area contributed by atoms with Gasteiger partial charge < -0.3 is 10.4 Å². The van der Waals surface area contributed by atoms with E-state index in [1.165, 1.54) is 18.3 Å². The molecule has 1 aromatic heterocycles. The molecule has 0 spiro atoms. The van der Waals surface area contributed by atoms with Gasteiger partial charge in [0.05, 0.1) is 16.1 Å². The van der Waals surface area contributed by atoms with Crippen molar-refractivity contribution < 1.29 is 14.7 Å². The van der Waals surface area contributed by atoms with Gasteiger partial charge in [-0.3, -0.25) is 4.79 Å². The van der Waals surface area contributed by atoms with E-state index in [4.69, 9.17) is 16.7 Å². The highest BCUT2D eigenvalue weighted by atomic mass is 35.5. The molecule has 2 N–H and O–H groups in total. The van der Waals surface area contributed by atoms with Gasteiger partial charge >= 0.3 is 5.97 Å². The fraction of sp³-hybridized carbons (Fsp3) is 0.0714. The van der Waals surface area contributed by atoms with Gasteiger partial charge in [-0.1, -0.05) is 17.7 Å². The van der Waals surface area contributed by atoms with Gasteiger partial charge in [-0.05, 0) is 36.8 Å². The first-order valence-electron chi connectivity index (χ1n) is 5.74. The summed E-state index contributed by atoms with van der Waals surface area (Å²) in [5.74, 6) is -1.37. The summed E-state index contributed by atoms with van der Waals surface area (Å²) in [4.78, 5) is 26.8. The van der Waals surface area contributed by atoms with Crippen molar-refractivity contribution in [1.82, 2.24) is 4.98 Å². The Hall–Kier alpha value is -2.40. The third-order valence-electron chi connectivity index (χ3n) is 2.62. The fourth-order valence-corrected chi connectivity index (χ4v) is 1.94. The highest BCUT2D eigenvalue weighted by molar-refractivity contribution is 6.34. The molecule has 6 heteroatoms. The summed E-state index contributed by atoms with van der Waals surface area (Å²) < 4.78 is 0. The van der Waals surface area contributed by atoms with Crippen LogP contribution >= 0.6 is 11.6 Å². The minimum Gasteiger partial charge on any atom is -0.478 e. The summed E-state index contributed by atoms with van der Waals surface area (Å²) in [7, 11) is 0. The molecule has 0 aliphatic rings. The van der Waals surface area contributed by atoms with Crippen molar-refractivity contribution in [3.8, 4) is 0 Å². The lowest BCUT2D eigenvalue weighted by atomic mass is 10.1. The molecule has 0 saturated carbocycles. The molecule has 5 nitrogen and oxygen atoms in total. The van der Waals surface area contributed by atoms with Gasteiger partial charge in [-0.2, -0.15) is 0 Å². The van der Waals surface area contributed by atoms with Gasteiger partial charge in [0.2, 0.25) is 0 Å². The first kappa shape index (κ1) is 14.0. The van der Waals surface area contributed by atoms with Crippen LogP contribution in [0.2, 0.25) is 5.02 Å². The second kappa shape index (κ2) is 5.71. The van der Waals surface area contributed by atoms with Crippen LogP contribution in [-0.2, 0) is 0 Å². The van der Waals surface area contributed by atoms with E-state index >= 15 is 0 Å². The average molecular weight is 291 g/mol. The number of hydrogen-bond donors (Lipinski definition) is 2. The largest absolute Gasteiger partial charge is 0.478 e. The van der Waals surface area contributed by atoms with Crippen molar-refractivity contribution >= 4 is 29.3 Å². The minimum absolute atomic E-state index is 0.0466. The molecular formula is C14H11ClN2O3. The van der Waals surface area contributed by atoms with Crippen molar-refractivity contribution in [2.24, 2.45) is 0 Å². The second-order valence-corrected chi connectivity index (χ2v) is 4.58. The molecule has 0 fully saturated rings. The van der Waals surface area contributed by atoms with Crippen LogP contribution in [0.4, 0.5) is 5.82 Å². The Morgan fingerprint density at radius 3 is 2.65 bits per heavy atom. The molecule has 20 heavy (non-hydrogen) atoms. The highest BCUT2D eigenvalue weighted by Crippen LogP contribution is 2.19. The maximum absolute atomic E-state index is 12.0. The maximum Gasteiger partial charge on any atom is 0.335 e. The number of anilines is 1. The Morgan fingerprint density at radius 1 is 1.25 bits per heavy atom. The molecule has 2 rings (SSSR count). The van der Waals surface area contributed by atoms with Crippen molar-refractivity contribution in [3.05, 3.63) is 58.2 Å². The van der Waals surface area contributed by atoms with Crippen molar-refractivity contribution in [2.45, 2.75) is 6.92 Å². The number of benzene rings is 1. The van der Waals surface area contributed by atoms with E-state index in [-0.39, 0.29) is 11.4 Å². The zero-order chi connectivity index (χ0) is 14.7. The Balaban J connectivity index is 2.23. The van der Waals surface area contributed by atoms with Gasteiger partial charge in [0, 0.05) is 6.20 Å². The number of carbonyl (C=O) groups excluding carboxylic acids is 1. The molecule has 1 heterocycles. The van der Waals surface area contributed by atoms with Crippen molar-refractivity contribution in [3.63, 3.8) is 0 Å². The van der Waals surface area contributed by atoms with E-state index in [1.54, 1.807) is 18.2 Å². The molecule has 1 aromatic carbocycles. The Bertz CT molecular complexity index is 686. The average Bonchev–Trinajstić information content (AvgIpc) is 2.38. The van der Waals surface area contributed by atoms with E-state index in [0.717, 1.165) is 5.56 Å². The normalized spacial score (nSPS) is 10.1. The molecule has 2 aromatic rings. The predicted octanol–water partition coefficient (Wildman–Crippen LogP) is 2.99. The smallest absolute Gasteiger partial charge is 0.335 e. The van der Waals surface area contributed by atoms with Crippen LogP contribution in [0.25, 0.3) is 0 Å². The quantitative estimate of drug-likeness (QED) is 0.911. The van der Waals surface area contributed by atoms with Crippen LogP contribution in [-0.4, -0.2) is 22.0 Å². The minimum atomic E-state index is -1.09. The first-order chi connectivity index (χ1) is 9.47. The lowest BCUT2D eigenvalue weighted by Crippen LogP contribution is -2.14. The van der Waals surface area contributed by atoms with Gasteiger partial charge in [-0.15, -0.1) is 0 Å². The fourth-order valence-electron chi connectivity index (χ4n) is 1.62. The number of aromatic nitrogens is 1. The Morgan fingerprint density at radius 2 is 2.00 bits per heavy atom. The molecule has 0 aliphatic carbocycles. The third kappa shape index (κ3) is 3.13. The zero-order valence-corrected chi connectivity index (χ0v) is 11.3. The van der Waals surface area contributed by atoms with E-state index in [9.17, 15) is 9.59 Å². The van der Waals surface area contributed by atoms with Gasteiger partial charge in [-0.25, -0.2) is 9.78 Å². The number of pyridine rings is 1. The van der Waals surface area contributed by atoms with Crippen LogP contribution < -0.4 is 5.32 Å². The second-order valence-electron chi connectivity index (χ2n) is 4.17. The Labute approximate surface area is 120 Å². The number of aryl methyl sites for hydroxylation is 1. The maximum atomic E-state index is 12.0. The van der Waals surface area contributed by atoms with E-state index in [0.29, 0.717) is 10.6 Å². The predicted molar refractivity (Wildman–Crippen MR) is 75.3 cm³/mol. The number of amides is 1. The summed E-state index contributed by atoms with van der Waals surface area (Å²) in [6, 6.07) is 7.67. The molecular weight excluding hydrogens is 280 g/mol. The van der Waals surface area contributed by atoms with Gasteiger partial charge in [0.1, 0.15) is 5.82 Å². The van der Waals surface area contributed by atoms with Gasteiger partial charge in [0.15, 0.2) is 0 Å². The van der Waals surface area contributed by atoms with E-state index in [1.807, 2.05) is 6.92 Å². The lowest BCUT2D eigenvalue weighted by molar-refractivity contribution is 0.0696. The summed E-state index contributed by atoms with van der Waals surface area (Å²) in [6.07, 6.45) is 1.32. The molecule has 102 valence electrons. The number of carbonyl (C=O) groups is 2. The molecule has 0 bridgehead atoms. The summed E-state index contributed by atoms with van der Waals surface area (Å²) >= 11 is 6.00. The topological polar surface area (TPSA) is 79.3 Å². The van der Waals surface area contributed by atoms with Crippen LogP contribution in [0.1, 0.15) is 26.3 Å². The molecule has 0 saturated heterocycles. The van der Waals surface area contributed by atoms with E-state index < -0.39 is 11.9 Å². The summed E-state index contributed by atoms with van der Waals surface area (Å²) in [5, 5.41) is 11.7. The molecule has 1 amide bonds. The monoisotopic (exact) mass is 290 g/mol. The van der Waals surface area contributed by atoms with Crippen LogP contribution in [0.3, 0.4) is 0 Å². The highest BCUT2D eigenvalue weighted by Gasteiger charge is 2.12. The SMILES string of the molecule is Cc1ccc(C(=O)Nc2cc(C(=O)O)ccn2)c(Cl)c1. The molecule has 0 atom stereocenters. The summed E-state index contributed by atoms with van der Waals surface area (Å²) in [5.41, 5.74) is 1.29. The van der Waals surface area contributed by atoms with Crippen LogP contribution in [0.15, 0.2) is 36.5 Å². The third-order valence-corrected chi connectivity index (χ3v) is 2.93. The number of hydrogen-bond acceptors (Lipinski definition) is 3. The number of carboxylic acid groups (broad SMARTS) is 1. The van der Waals surface area contributed by atoms with Gasteiger partial charge in [0.25, 0.3) is 5.91 Å². The number of nitrogens with one attached hydrogen (secondary N) is 1. The molecule has 0 aliphatic heterocycles. The first-order valence-corrected chi connectivity index (χ1v) is 6.12. The number of carboxylic acids is 1. The lowest BCUT2D eigenvalue weighted by Gasteiger charge is -2.07. The van der Waals surface area contributed by atoms with Crippen LogP contribution in [0, 0.1) is 6.92 Å². The van der Waals surface area contributed by atoms with Crippen molar-refractivity contribution in [2.75, 3.05) is 5.32 Å². The number of rotatable bonds is 3. The number of aromatic carboxylic acids is 1.